The Labute approximate surface area is 144 Å². The first-order valence-electron chi connectivity index (χ1n) is 8.37. The van der Waals surface area contributed by atoms with Crippen LogP contribution < -0.4 is 10.6 Å². The van der Waals surface area contributed by atoms with Crippen LogP contribution in [0.1, 0.15) is 37.8 Å². The van der Waals surface area contributed by atoms with Gasteiger partial charge in [-0.25, -0.2) is 4.98 Å². The van der Waals surface area contributed by atoms with Crippen LogP contribution in [0.5, 0.6) is 0 Å². The second-order valence-corrected chi connectivity index (χ2v) is 7.01. The number of anilines is 3. The van der Waals surface area contributed by atoms with Gasteiger partial charge in [-0.1, -0.05) is 19.3 Å². The van der Waals surface area contributed by atoms with Gasteiger partial charge in [-0.15, -0.1) is 0 Å². The van der Waals surface area contributed by atoms with E-state index in [0.29, 0.717) is 12.0 Å². The summed E-state index contributed by atoms with van der Waals surface area (Å²) in [5, 5.41) is 7.79. The van der Waals surface area contributed by atoms with Crippen molar-refractivity contribution in [2.45, 2.75) is 45.1 Å². The van der Waals surface area contributed by atoms with Crippen LogP contribution in [0.25, 0.3) is 11.0 Å². The van der Waals surface area contributed by atoms with Gasteiger partial charge >= 0.3 is 0 Å². The molecule has 0 unspecified atom stereocenters. The lowest BCUT2D eigenvalue weighted by atomic mass is 9.95. The minimum atomic E-state index is 0.470. The molecule has 0 bridgehead atoms. The number of hydrogen-bond donors (Lipinski definition) is 2. The van der Waals surface area contributed by atoms with E-state index < -0.39 is 0 Å². The molecule has 1 fully saturated rings. The SMILES string of the molecule is Cc1cc(Nc2nc(NC3CCCCC3)c3ncccc3n2)sn1. The fraction of sp³-hybridized carbons (Fsp3) is 0.412. The molecule has 0 saturated heterocycles. The van der Waals surface area contributed by atoms with Crippen molar-refractivity contribution in [2.75, 3.05) is 10.6 Å². The van der Waals surface area contributed by atoms with Crippen LogP contribution in [-0.2, 0) is 0 Å². The van der Waals surface area contributed by atoms with Gasteiger partial charge < -0.3 is 10.6 Å². The Morgan fingerprint density at radius 1 is 1.17 bits per heavy atom. The number of rotatable bonds is 4. The van der Waals surface area contributed by atoms with Crippen LogP contribution in [0.4, 0.5) is 16.8 Å². The molecule has 124 valence electrons. The fourth-order valence-corrected chi connectivity index (χ4v) is 3.75. The zero-order valence-electron chi connectivity index (χ0n) is 13.6. The molecule has 0 aliphatic heterocycles. The molecule has 4 rings (SSSR count). The topological polar surface area (TPSA) is 75.6 Å². The average molecular weight is 340 g/mol. The van der Waals surface area contributed by atoms with Gasteiger partial charge in [-0.05, 0) is 49.5 Å². The van der Waals surface area contributed by atoms with E-state index in [4.69, 9.17) is 0 Å². The maximum Gasteiger partial charge on any atom is 0.230 e. The van der Waals surface area contributed by atoms with E-state index in [1.807, 2.05) is 25.1 Å². The summed E-state index contributed by atoms with van der Waals surface area (Å²) in [6.07, 6.45) is 8.05. The molecule has 1 saturated carbocycles. The summed E-state index contributed by atoms with van der Waals surface area (Å²) >= 11 is 1.41. The molecule has 3 aromatic heterocycles. The van der Waals surface area contributed by atoms with Crippen molar-refractivity contribution < 1.29 is 0 Å². The molecule has 0 amide bonds. The van der Waals surface area contributed by atoms with E-state index in [9.17, 15) is 0 Å². The van der Waals surface area contributed by atoms with Gasteiger partial charge in [0.05, 0.1) is 11.2 Å². The van der Waals surface area contributed by atoms with Crippen molar-refractivity contribution in [1.29, 1.82) is 0 Å². The van der Waals surface area contributed by atoms with Crippen molar-refractivity contribution in [3.8, 4) is 0 Å². The van der Waals surface area contributed by atoms with Gasteiger partial charge in [0, 0.05) is 12.2 Å². The van der Waals surface area contributed by atoms with Gasteiger partial charge in [-0.3, -0.25) is 4.98 Å². The largest absolute Gasteiger partial charge is 0.365 e. The van der Waals surface area contributed by atoms with E-state index in [0.717, 1.165) is 27.5 Å². The lowest BCUT2D eigenvalue weighted by molar-refractivity contribution is 0.462. The highest BCUT2D eigenvalue weighted by atomic mass is 32.1. The number of hydrogen-bond acceptors (Lipinski definition) is 7. The number of pyridine rings is 1. The Bertz CT molecular complexity index is 840. The zero-order chi connectivity index (χ0) is 16.4. The molecule has 2 N–H and O–H groups in total. The van der Waals surface area contributed by atoms with Crippen LogP contribution >= 0.6 is 11.5 Å². The van der Waals surface area contributed by atoms with Crippen LogP contribution in [0, 0.1) is 6.92 Å². The molecule has 3 heterocycles. The molecule has 0 radical (unpaired) electrons. The highest BCUT2D eigenvalue weighted by Gasteiger charge is 2.17. The predicted molar refractivity (Wildman–Crippen MR) is 98.0 cm³/mol. The van der Waals surface area contributed by atoms with E-state index in [1.165, 1.54) is 43.6 Å². The Hall–Kier alpha value is -2.28. The summed E-state index contributed by atoms with van der Waals surface area (Å²) in [6.45, 7) is 1.98. The van der Waals surface area contributed by atoms with Crippen molar-refractivity contribution in [2.24, 2.45) is 0 Å². The van der Waals surface area contributed by atoms with Crippen molar-refractivity contribution in [3.63, 3.8) is 0 Å². The number of fused-ring (bicyclic) bond motifs is 1. The highest BCUT2D eigenvalue weighted by molar-refractivity contribution is 7.10. The third kappa shape index (κ3) is 3.31. The van der Waals surface area contributed by atoms with Crippen LogP contribution in [0.15, 0.2) is 24.4 Å². The maximum atomic E-state index is 4.68. The second kappa shape index (κ2) is 6.68. The molecule has 0 aromatic carbocycles. The molecular weight excluding hydrogens is 320 g/mol. The monoisotopic (exact) mass is 340 g/mol. The Morgan fingerprint density at radius 3 is 2.83 bits per heavy atom. The number of nitrogens with zero attached hydrogens (tertiary/aromatic N) is 4. The molecule has 1 aliphatic carbocycles. The Balaban J connectivity index is 1.67. The lowest BCUT2D eigenvalue weighted by Crippen LogP contribution is -2.23. The van der Waals surface area contributed by atoms with Crippen LogP contribution in [0.2, 0.25) is 0 Å². The third-order valence-corrected chi connectivity index (χ3v) is 5.06. The number of aromatic nitrogens is 4. The van der Waals surface area contributed by atoms with Gasteiger partial charge in [0.1, 0.15) is 10.5 Å². The van der Waals surface area contributed by atoms with Gasteiger partial charge in [0.15, 0.2) is 5.82 Å². The molecule has 1 aliphatic rings. The van der Waals surface area contributed by atoms with Crippen molar-refractivity contribution >= 4 is 39.3 Å². The van der Waals surface area contributed by atoms with E-state index >= 15 is 0 Å². The number of aryl methyl sites for hydroxylation is 1. The minimum absolute atomic E-state index is 0.470. The summed E-state index contributed by atoms with van der Waals surface area (Å²) in [7, 11) is 0. The first kappa shape index (κ1) is 15.3. The predicted octanol–water partition coefficient (Wildman–Crippen LogP) is 4.28. The molecule has 7 heteroatoms. The second-order valence-electron chi connectivity index (χ2n) is 6.20. The summed E-state index contributed by atoms with van der Waals surface area (Å²) in [5.41, 5.74) is 2.66. The number of nitrogens with one attached hydrogen (secondary N) is 2. The van der Waals surface area contributed by atoms with E-state index in [1.54, 1.807) is 6.20 Å². The Morgan fingerprint density at radius 2 is 2.04 bits per heavy atom. The summed E-state index contributed by atoms with van der Waals surface area (Å²) < 4.78 is 4.29. The van der Waals surface area contributed by atoms with Gasteiger partial charge in [-0.2, -0.15) is 9.36 Å². The smallest absolute Gasteiger partial charge is 0.230 e. The van der Waals surface area contributed by atoms with Crippen molar-refractivity contribution in [3.05, 3.63) is 30.1 Å². The molecular formula is C17H20N6S. The van der Waals surface area contributed by atoms with Crippen LogP contribution in [-0.4, -0.2) is 25.4 Å². The van der Waals surface area contributed by atoms with E-state index in [2.05, 4.69) is 30.0 Å². The first-order valence-corrected chi connectivity index (χ1v) is 9.15. The lowest BCUT2D eigenvalue weighted by Gasteiger charge is -2.23. The normalized spacial score (nSPS) is 15.5. The Kier molecular flexibility index (Phi) is 4.25. The van der Waals surface area contributed by atoms with Crippen LogP contribution in [0.3, 0.4) is 0 Å². The molecule has 0 spiro atoms. The molecule has 0 atom stereocenters. The maximum absolute atomic E-state index is 4.68. The molecule has 24 heavy (non-hydrogen) atoms. The highest BCUT2D eigenvalue weighted by Crippen LogP contribution is 2.27. The van der Waals surface area contributed by atoms with Gasteiger partial charge in [0.2, 0.25) is 5.95 Å². The average Bonchev–Trinajstić information content (AvgIpc) is 3.01. The molecule has 6 nitrogen and oxygen atoms in total. The summed E-state index contributed by atoms with van der Waals surface area (Å²) in [5.74, 6) is 1.40. The summed E-state index contributed by atoms with van der Waals surface area (Å²) in [4.78, 5) is 13.7. The minimum Gasteiger partial charge on any atom is -0.365 e. The fourth-order valence-electron chi connectivity index (χ4n) is 3.10. The summed E-state index contributed by atoms with van der Waals surface area (Å²) in [6, 6.07) is 6.34. The molecule has 3 aromatic rings. The van der Waals surface area contributed by atoms with Crippen molar-refractivity contribution in [1.82, 2.24) is 19.3 Å². The van der Waals surface area contributed by atoms with Gasteiger partial charge in [0.25, 0.3) is 0 Å². The third-order valence-electron chi connectivity index (χ3n) is 4.26. The zero-order valence-corrected chi connectivity index (χ0v) is 14.4. The quantitative estimate of drug-likeness (QED) is 0.738. The standard InChI is InChI=1S/C17H20N6S/c1-11-10-14(24-23-11)21-17-20-13-8-5-9-18-15(13)16(22-17)19-12-6-3-2-4-7-12/h5,8-10,12H,2-4,6-7H2,1H3,(H2,19,20,21,22). The van der Waals surface area contributed by atoms with E-state index in [-0.39, 0.29) is 0 Å². The first-order chi connectivity index (χ1) is 11.8.